The molecule has 1 rings (SSSR count). The maximum atomic E-state index is 12.5. The average molecular weight is 256 g/mol. The molecule has 1 aliphatic heterocycles. The van der Waals surface area contributed by atoms with Gasteiger partial charge >= 0.3 is 0 Å². The van der Waals surface area contributed by atoms with Crippen molar-refractivity contribution < 1.29 is 14.3 Å². The highest BCUT2D eigenvalue weighted by Crippen LogP contribution is 2.24. The van der Waals surface area contributed by atoms with Gasteiger partial charge in [-0.3, -0.25) is 9.59 Å². The van der Waals surface area contributed by atoms with Crippen LogP contribution >= 0.6 is 0 Å². The van der Waals surface area contributed by atoms with Gasteiger partial charge in [0, 0.05) is 26.1 Å². The van der Waals surface area contributed by atoms with Crippen LogP contribution in [0.4, 0.5) is 0 Å². The number of amides is 2. The molecule has 0 aliphatic carbocycles. The Hall–Kier alpha value is -1.10. The maximum Gasteiger partial charge on any atom is 0.246 e. The van der Waals surface area contributed by atoms with Crippen LogP contribution in [0.3, 0.4) is 0 Å². The van der Waals surface area contributed by atoms with Gasteiger partial charge in [-0.25, -0.2) is 0 Å². The van der Waals surface area contributed by atoms with Gasteiger partial charge in [-0.1, -0.05) is 20.8 Å². The van der Waals surface area contributed by atoms with Crippen molar-refractivity contribution in [2.24, 2.45) is 5.41 Å². The van der Waals surface area contributed by atoms with E-state index < -0.39 is 6.04 Å². The summed E-state index contributed by atoms with van der Waals surface area (Å²) in [4.78, 5) is 26.1. The molecule has 0 aromatic heterocycles. The molecule has 0 aromatic rings. The predicted octanol–water partition coefficient (Wildman–Crippen LogP) is 0.784. The third-order valence-corrected chi connectivity index (χ3v) is 3.25. The molecule has 1 aliphatic rings. The minimum atomic E-state index is -0.466. The van der Waals surface area contributed by atoms with E-state index in [0.29, 0.717) is 19.6 Å². The number of hydrogen-bond donors (Lipinski definition) is 1. The largest absolute Gasteiger partial charge is 0.383 e. The van der Waals surface area contributed by atoms with Gasteiger partial charge in [0.1, 0.15) is 6.04 Å². The quantitative estimate of drug-likeness (QED) is 0.812. The van der Waals surface area contributed by atoms with Crippen LogP contribution in [0.5, 0.6) is 0 Å². The van der Waals surface area contributed by atoms with E-state index in [1.807, 2.05) is 27.7 Å². The second-order valence-corrected chi connectivity index (χ2v) is 5.94. The molecule has 2 atom stereocenters. The Kier molecular flexibility index (Phi) is 4.73. The first-order chi connectivity index (χ1) is 8.27. The molecule has 1 fully saturated rings. The zero-order valence-corrected chi connectivity index (χ0v) is 11.9. The molecule has 1 saturated heterocycles. The van der Waals surface area contributed by atoms with E-state index in [2.05, 4.69) is 5.32 Å². The fourth-order valence-electron chi connectivity index (χ4n) is 2.15. The lowest BCUT2D eigenvalue weighted by Crippen LogP contribution is -2.53. The van der Waals surface area contributed by atoms with Crippen molar-refractivity contribution in [3.63, 3.8) is 0 Å². The lowest BCUT2D eigenvalue weighted by molar-refractivity contribution is -0.138. The molecule has 0 saturated carbocycles. The SMILES string of the molecule is COCCN1C(=O)C(C(C)(C)C)NC(=O)CC1C. The highest BCUT2D eigenvalue weighted by atomic mass is 16.5. The summed E-state index contributed by atoms with van der Waals surface area (Å²) in [6.45, 7) is 8.79. The molecule has 2 unspecified atom stereocenters. The standard InChI is InChI=1S/C13H24N2O3/c1-9-8-10(16)14-11(13(2,3)4)12(17)15(9)6-7-18-5/h9,11H,6-8H2,1-5H3,(H,14,16). The molecular formula is C13H24N2O3. The van der Waals surface area contributed by atoms with Crippen LogP contribution in [-0.4, -0.2) is 49.1 Å². The van der Waals surface area contributed by atoms with E-state index in [9.17, 15) is 9.59 Å². The second kappa shape index (κ2) is 5.69. The minimum Gasteiger partial charge on any atom is -0.383 e. The lowest BCUT2D eigenvalue weighted by atomic mass is 9.86. The molecule has 5 heteroatoms. The van der Waals surface area contributed by atoms with Crippen LogP contribution in [0.1, 0.15) is 34.1 Å². The van der Waals surface area contributed by atoms with Gasteiger partial charge in [-0.2, -0.15) is 0 Å². The molecule has 1 N–H and O–H groups in total. The minimum absolute atomic E-state index is 0.0158. The van der Waals surface area contributed by atoms with Crippen LogP contribution in [0.15, 0.2) is 0 Å². The molecule has 0 bridgehead atoms. The Morgan fingerprint density at radius 1 is 1.39 bits per heavy atom. The van der Waals surface area contributed by atoms with Crippen molar-refractivity contribution in [1.82, 2.24) is 10.2 Å². The number of ether oxygens (including phenoxy) is 1. The summed E-state index contributed by atoms with van der Waals surface area (Å²) in [6.07, 6.45) is 0.349. The molecular weight excluding hydrogens is 232 g/mol. The van der Waals surface area contributed by atoms with Gasteiger partial charge in [0.25, 0.3) is 0 Å². The Morgan fingerprint density at radius 3 is 2.50 bits per heavy atom. The van der Waals surface area contributed by atoms with Crippen LogP contribution in [0, 0.1) is 5.41 Å². The van der Waals surface area contributed by atoms with Crippen LogP contribution in [0.25, 0.3) is 0 Å². The summed E-state index contributed by atoms with van der Waals surface area (Å²) < 4.78 is 5.03. The Bertz CT molecular complexity index is 323. The maximum absolute atomic E-state index is 12.5. The van der Waals surface area contributed by atoms with Gasteiger partial charge < -0.3 is 15.0 Å². The number of hydrogen-bond acceptors (Lipinski definition) is 3. The molecule has 104 valence electrons. The predicted molar refractivity (Wildman–Crippen MR) is 69.1 cm³/mol. The summed E-state index contributed by atoms with van der Waals surface area (Å²) in [5.74, 6) is -0.0754. The highest BCUT2D eigenvalue weighted by Gasteiger charge is 2.39. The first kappa shape index (κ1) is 15.0. The first-order valence-electron chi connectivity index (χ1n) is 6.36. The molecule has 2 amide bonds. The van der Waals surface area contributed by atoms with Crippen molar-refractivity contribution in [3.8, 4) is 0 Å². The molecule has 18 heavy (non-hydrogen) atoms. The number of methoxy groups -OCH3 is 1. The van der Waals surface area contributed by atoms with Crippen molar-refractivity contribution in [2.75, 3.05) is 20.3 Å². The van der Waals surface area contributed by atoms with E-state index in [1.165, 1.54) is 0 Å². The number of carbonyl (C=O) groups is 2. The van der Waals surface area contributed by atoms with Crippen LogP contribution in [-0.2, 0) is 14.3 Å². The van der Waals surface area contributed by atoms with Crippen molar-refractivity contribution >= 4 is 11.8 Å². The van der Waals surface area contributed by atoms with E-state index in [1.54, 1.807) is 12.0 Å². The third-order valence-electron chi connectivity index (χ3n) is 3.25. The molecule has 5 nitrogen and oxygen atoms in total. The number of rotatable bonds is 3. The van der Waals surface area contributed by atoms with Crippen LogP contribution in [0.2, 0.25) is 0 Å². The summed E-state index contributed by atoms with van der Waals surface area (Å²) in [7, 11) is 1.61. The number of nitrogens with one attached hydrogen (secondary N) is 1. The van der Waals surface area contributed by atoms with E-state index in [4.69, 9.17) is 4.74 Å². The summed E-state index contributed by atoms with van der Waals surface area (Å²) in [6, 6.07) is -0.549. The van der Waals surface area contributed by atoms with Crippen molar-refractivity contribution in [3.05, 3.63) is 0 Å². The summed E-state index contributed by atoms with van der Waals surface area (Å²) in [5, 5.41) is 2.83. The van der Waals surface area contributed by atoms with Gasteiger partial charge in [0.15, 0.2) is 0 Å². The van der Waals surface area contributed by atoms with Gasteiger partial charge in [0.05, 0.1) is 6.61 Å². The van der Waals surface area contributed by atoms with Gasteiger partial charge in [0.2, 0.25) is 11.8 Å². The second-order valence-electron chi connectivity index (χ2n) is 5.94. The summed E-state index contributed by atoms with van der Waals surface area (Å²) in [5.41, 5.74) is -0.290. The van der Waals surface area contributed by atoms with Crippen molar-refractivity contribution in [2.45, 2.75) is 46.2 Å². The highest BCUT2D eigenvalue weighted by molar-refractivity contribution is 5.91. The van der Waals surface area contributed by atoms with Gasteiger partial charge in [-0.15, -0.1) is 0 Å². The molecule has 0 aromatic carbocycles. The van der Waals surface area contributed by atoms with Crippen molar-refractivity contribution in [1.29, 1.82) is 0 Å². The van der Waals surface area contributed by atoms with Crippen LogP contribution < -0.4 is 5.32 Å². The zero-order chi connectivity index (χ0) is 13.9. The fourth-order valence-corrected chi connectivity index (χ4v) is 2.15. The Morgan fingerprint density at radius 2 is 2.00 bits per heavy atom. The Balaban J connectivity index is 2.94. The normalized spacial score (nSPS) is 25.9. The van der Waals surface area contributed by atoms with Gasteiger partial charge in [-0.05, 0) is 12.3 Å². The third kappa shape index (κ3) is 3.45. The topological polar surface area (TPSA) is 58.6 Å². The first-order valence-corrected chi connectivity index (χ1v) is 6.36. The lowest BCUT2D eigenvalue weighted by Gasteiger charge is -2.34. The van der Waals surface area contributed by atoms with E-state index >= 15 is 0 Å². The zero-order valence-electron chi connectivity index (χ0n) is 11.9. The smallest absolute Gasteiger partial charge is 0.246 e. The fraction of sp³-hybridized carbons (Fsp3) is 0.846. The number of nitrogens with zero attached hydrogens (tertiary/aromatic N) is 1. The molecule has 0 spiro atoms. The molecule has 0 radical (unpaired) electrons. The summed E-state index contributed by atoms with van der Waals surface area (Å²) >= 11 is 0. The average Bonchev–Trinajstić information content (AvgIpc) is 2.33. The van der Waals surface area contributed by atoms with E-state index in [0.717, 1.165) is 0 Å². The molecule has 1 heterocycles. The monoisotopic (exact) mass is 256 g/mol. The van der Waals surface area contributed by atoms with E-state index in [-0.39, 0.29) is 23.3 Å². The Labute approximate surface area is 109 Å². The number of carbonyl (C=O) groups excluding carboxylic acids is 2.